The first-order valence-corrected chi connectivity index (χ1v) is 6.47. The van der Waals surface area contributed by atoms with Crippen molar-refractivity contribution in [3.8, 4) is 0 Å². The Morgan fingerprint density at radius 2 is 1.74 bits per heavy atom. The topological polar surface area (TPSA) is 24.9 Å². The summed E-state index contributed by atoms with van der Waals surface area (Å²) in [5, 5.41) is 4.71. The summed E-state index contributed by atoms with van der Waals surface area (Å²) >= 11 is 0. The molecule has 94 valence electrons. The molecule has 2 nitrogen and oxygen atoms in total. The highest BCUT2D eigenvalue weighted by molar-refractivity contribution is 5.82. The van der Waals surface area contributed by atoms with Gasteiger partial charge in [-0.25, -0.2) is 0 Å². The van der Waals surface area contributed by atoms with E-state index in [-0.39, 0.29) is 0 Å². The van der Waals surface area contributed by atoms with E-state index >= 15 is 0 Å². The van der Waals surface area contributed by atoms with Crippen LogP contribution in [-0.2, 0) is 6.54 Å². The molecule has 1 heterocycles. The van der Waals surface area contributed by atoms with E-state index in [9.17, 15) is 0 Å². The number of para-hydroxylation sites is 2. The standard InChI is InChI=1S/C17H16N2/c1-13-6-2-4-8-16(13)19-12-14-10-11-18-17-9-5-3-7-15(14)17/h2-11,19H,12H2,1H3. The Balaban J connectivity index is 1.88. The molecule has 19 heavy (non-hydrogen) atoms. The minimum Gasteiger partial charge on any atom is -0.381 e. The van der Waals surface area contributed by atoms with Gasteiger partial charge in [-0.2, -0.15) is 0 Å². The van der Waals surface area contributed by atoms with Gasteiger partial charge in [0, 0.05) is 23.8 Å². The van der Waals surface area contributed by atoms with E-state index in [1.165, 1.54) is 22.2 Å². The van der Waals surface area contributed by atoms with Crippen molar-refractivity contribution in [2.75, 3.05) is 5.32 Å². The molecule has 0 aliphatic heterocycles. The molecule has 3 aromatic rings. The molecule has 0 unspecified atom stereocenters. The predicted octanol–water partition coefficient (Wildman–Crippen LogP) is 4.16. The largest absolute Gasteiger partial charge is 0.381 e. The fourth-order valence-electron chi connectivity index (χ4n) is 2.27. The lowest BCUT2D eigenvalue weighted by atomic mass is 10.1. The van der Waals surface area contributed by atoms with Crippen LogP contribution >= 0.6 is 0 Å². The third kappa shape index (κ3) is 2.43. The van der Waals surface area contributed by atoms with Gasteiger partial charge in [0.1, 0.15) is 0 Å². The van der Waals surface area contributed by atoms with Crippen LogP contribution in [0, 0.1) is 6.92 Å². The number of hydrogen-bond donors (Lipinski definition) is 1. The molecule has 2 heteroatoms. The summed E-state index contributed by atoms with van der Waals surface area (Å²) in [4.78, 5) is 4.39. The van der Waals surface area contributed by atoms with E-state index < -0.39 is 0 Å². The number of rotatable bonds is 3. The van der Waals surface area contributed by atoms with Crippen molar-refractivity contribution in [3.63, 3.8) is 0 Å². The van der Waals surface area contributed by atoms with E-state index in [0.717, 1.165) is 12.1 Å². The Kier molecular flexibility index (Phi) is 3.15. The number of aromatic nitrogens is 1. The van der Waals surface area contributed by atoms with E-state index in [4.69, 9.17) is 0 Å². The van der Waals surface area contributed by atoms with Crippen LogP contribution in [0.1, 0.15) is 11.1 Å². The summed E-state index contributed by atoms with van der Waals surface area (Å²) in [6, 6.07) is 18.7. The van der Waals surface area contributed by atoms with E-state index in [0.29, 0.717) is 0 Å². The highest BCUT2D eigenvalue weighted by Crippen LogP contribution is 2.19. The van der Waals surface area contributed by atoms with Crippen molar-refractivity contribution < 1.29 is 0 Å². The fourth-order valence-corrected chi connectivity index (χ4v) is 2.27. The zero-order valence-corrected chi connectivity index (χ0v) is 10.9. The van der Waals surface area contributed by atoms with Crippen molar-refractivity contribution in [2.45, 2.75) is 13.5 Å². The molecule has 0 spiro atoms. The fraction of sp³-hybridized carbons (Fsp3) is 0.118. The van der Waals surface area contributed by atoms with Crippen LogP contribution in [-0.4, -0.2) is 4.98 Å². The number of pyridine rings is 1. The number of nitrogens with one attached hydrogen (secondary N) is 1. The Morgan fingerprint density at radius 3 is 2.63 bits per heavy atom. The molecule has 0 saturated heterocycles. The van der Waals surface area contributed by atoms with E-state index in [1.807, 2.05) is 18.3 Å². The van der Waals surface area contributed by atoms with Gasteiger partial charge in [-0.1, -0.05) is 36.4 Å². The summed E-state index contributed by atoms with van der Waals surface area (Å²) in [5.74, 6) is 0. The van der Waals surface area contributed by atoms with Gasteiger partial charge in [0.25, 0.3) is 0 Å². The van der Waals surface area contributed by atoms with Crippen LogP contribution in [0.2, 0.25) is 0 Å². The molecule has 0 bridgehead atoms. The molecule has 1 aromatic heterocycles. The molecule has 2 aromatic carbocycles. The van der Waals surface area contributed by atoms with Crippen molar-refractivity contribution in [3.05, 3.63) is 71.9 Å². The normalized spacial score (nSPS) is 10.6. The maximum atomic E-state index is 4.39. The van der Waals surface area contributed by atoms with Gasteiger partial charge in [-0.3, -0.25) is 4.98 Å². The Hall–Kier alpha value is -2.35. The molecule has 1 N–H and O–H groups in total. The lowest BCUT2D eigenvalue weighted by Crippen LogP contribution is -2.01. The van der Waals surface area contributed by atoms with Crippen LogP contribution in [0.15, 0.2) is 60.8 Å². The van der Waals surface area contributed by atoms with E-state index in [1.54, 1.807) is 0 Å². The van der Waals surface area contributed by atoms with Gasteiger partial charge < -0.3 is 5.32 Å². The summed E-state index contributed by atoms with van der Waals surface area (Å²) in [6.07, 6.45) is 1.87. The van der Waals surface area contributed by atoms with Crippen LogP contribution < -0.4 is 5.32 Å². The van der Waals surface area contributed by atoms with Gasteiger partial charge in [0.15, 0.2) is 0 Å². The minimum absolute atomic E-state index is 0.813. The molecule has 0 atom stereocenters. The number of aryl methyl sites for hydroxylation is 1. The Labute approximate surface area is 113 Å². The molecular formula is C17H16N2. The lowest BCUT2D eigenvalue weighted by Gasteiger charge is -2.11. The first-order chi connectivity index (χ1) is 9.34. The van der Waals surface area contributed by atoms with Crippen LogP contribution in [0.25, 0.3) is 10.9 Å². The maximum Gasteiger partial charge on any atom is 0.0705 e. The molecular weight excluding hydrogens is 232 g/mol. The third-order valence-electron chi connectivity index (χ3n) is 3.35. The molecule has 3 rings (SSSR count). The number of benzene rings is 2. The van der Waals surface area contributed by atoms with Gasteiger partial charge in [-0.15, -0.1) is 0 Å². The Bertz CT molecular complexity index is 699. The predicted molar refractivity (Wildman–Crippen MR) is 80.2 cm³/mol. The summed E-state index contributed by atoms with van der Waals surface area (Å²) < 4.78 is 0. The molecule has 0 amide bonds. The molecule has 0 aliphatic carbocycles. The second-order valence-corrected chi connectivity index (χ2v) is 4.66. The number of anilines is 1. The summed E-state index contributed by atoms with van der Waals surface area (Å²) in [6.45, 7) is 2.93. The Morgan fingerprint density at radius 1 is 0.947 bits per heavy atom. The zero-order chi connectivity index (χ0) is 13.1. The van der Waals surface area contributed by atoms with Crippen molar-refractivity contribution in [1.82, 2.24) is 4.98 Å². The average Bonchev–Trinajstić information content (AvgIpc) is 2.46. The quantitative estimate of drug-likeness (QED) is 0.753. The monoisotopic (exact) mass is 248 g/mol. The van der Waals surface area contributed by atoms with Crippen molar-refractivity contribution in [1.29, 1.82) is 0 Å². The second-order valence-electron chi connectivity index (χ2n) is 4.66. The number of nitrogens with zero attached hydrogens (tertiary/aromatic N) is 1. The van der Waals surface area contributed by atoms with Gasteiger partial charge in [0.05, 0.1) is 5.52 Å². The lowest BCUT2D eigenvalue weighted by molar-refractivity contribution is 1.15. The first kappa shape index (κ1) is 11.7. The second kappa shape index (κ2) is 5.11. The van der Waals surface area contributed by atoms with Gasteiger partial charge in [-0.05, 0) is 36.2 Å². The smallest absolute Gasteiger partial charge is 0.0705 e. The van der Waals surface area contributed by atoms with E-state index in [2.05, 4.69) is 59.7 Å². The van der Waals surface area contributed by atoms with Crippen LogP contribution in [0.5, 0.6) is 0 Å². The SMILES string of the molecule is Cc1ccccc1NCc1ccnc2ccccc12. The number of fused-ring (bicyclic) bond motifs is 1. The highest BCUT2D eigenvalue weighted by atomic mass is 14.9. The summed E-state index contributed by atoms with van der Waals surface area (Å²) in [5.41, 5.74) is 4.77. The molecule has 0 saturated carbocycles. The highest BCUT2D eigenvalue weighted by Gasteiger charge is 2.02. The molecule has 0 fully saturated rings. The van der Waals surface area contributed by atoms with Gasteiger partial charge >= 0.3 is 0 Å². The third-order valence-corrected chi connectivity index (χ3v) is 3.35. The molecule has 0 radical (unpaired) electrons. The zero-order valence-electron chi connectivity index (χ0n) is 10.9. The first-order valence-electron chi connectivity index (χ1n) is 6.47. The maximum absolute atomic E-state index is 4.39. The van der Waals surface area contributed by atoms with Crippen molar-refractivity contribution >= 4 is 16.6 Å². The van der Waals surface area contributed by atoms with Gasteiger partial charge in [0.2, 0.25) is 0 Å². The number of hydrogen-bond acceptors (Lipinski definition) is 2. The summed E-state index contributed by atoms with van der Waals surface area (Å²) in [7, 11) is 0. The molecule has 0 aliphatic rings. The van der Waals surface area contributed by atoms with Crippen LogP contribution in [0.3, 0.4) is 0 Å². The average molecular weight is 248 g/mol. The minimum atomic E-state index is 0.813. The van der Waals surface area contributed by atoms with Crippen molar-refractivity contribution in [2.24, 2.45) is 0 Å². The van der Waals surface area contributed by atoms with Crippen LogP contribution in [0.4, 0.5) is 5.69 Å².